The van der Waals surface area contributed by atoms with Gasteiger partial charge in [0.2, 0.25) is 5.91 Å². The Morgan fingerprint density at radius 3 is 2.33 bits per heavy atom. The maximum absolute atomic E-state index is 11.6. The lowest BCUT2D eigenvalue weighted by molar-refractivity contribution is -0.127. The summed E-state index contributed by atoms with van der Waals surface area (Å²) in [6.45, 7) is 7.48. The van der Waals surface area contributed by atoms with Gasteiger partial charge in [0.1, 0.15) is 6.54 Å². The zero-order valence-corrected chi connectivity index (χ0v) is 14.1. The molecule has 0 aliphatic heterocycles. The molecular formula is C15H32N4O2. The minimum Gasteiger partial charge on any atom is -0.382 e. The Morgan fingerprint density at radius 2 is 1.76 bits per heavy atom. The van der Waals surface area contributed by atoms with Crippen LogP contribution < -0.4 is 10.6 Å². The van der Waals surface area contributed by atoms with E-state index in [4.69, 9.17) is 4.74 Å². The van der Waals surface area contributed by atoms with Crippen LogP contribution >= 0.6 is 0 Å². The van der Waals surface area contributed by atoms with Gasteiger partial charge in [-0.3, -0.25) is 4.79 Å². The standard InChI is InChI=1S/C15H32N4O2/c1-5-7-8-10-16-15(17-11-9-12-21-6-2)18-13-14(20)19(3)4/h5-13H2,1-4H3,(H2,16,17,18). The molecular weight excluding hydrogens is 268 g/mol. The lowest BCUT2D eigenvalue weighted by atomic mass is 10.2. The summed E-state index contributed by atoms with van der Waals surface area (Å²) in [6, 6.07) is 0. The molecule has 0 heterocycles. The van der Waals surface area contributed by atoms with Gasteiger partial charge >= 0.3 is 0 Å². The first kappa shape index (κ1) is 19.7. The number of rotatable bonds is 11. The van der Waals surface area contributed by atoms with Crippen molar-refractivity contribution >= 4 is 11.9 Å². The van der Waals surface area contributed by atoms with Crippen molar-refractivity contribution in [3.8, 4) is 0 Å². The quantitative estimate of drug-likeness (QED) is 0.342. The highest BCUT2D eigenvalue weighted by atomic mass is 16.5. The van der Waals surface area contributed by atoms with Crippen LogP contribution in [0.3, 0.4) is 0 Å². The van der Waals surface area contributed by atoms with Gasteiger partial charge in [0, 0.05) is 40.4 Å². The molecule has 0 aromatic carbocycles. The van der Waals surface area contributed by atoms with Gasteiger partial charge in [-0.2, -0.15) is 0 Å². The number of hydrogen-bond donors (Lipinski definition) is 2. The summed E-state index contributed by atoms with van der Waals surface area (Å²) in [7, 11) is 3.48. The lowest BCUT2D eigenvalue weighted by Crippen LogP contribution is -2.39. The number of amides is 1. The van der Waals surface area contributed by atoms with Gasteiger partial charge in [-0.15, -0.1) is 0 Å². The molecule has 0 aliphatic rings. The Balaban J connectivity index is 4.13. The Kier molecular flexibility index (Phi) is 12.8. The molecule has 0 rings (SSSR count). The Hall–Kier alpha value is -1.30. The van der Waals surface area contributed by atoms with Gasteiger partial charge in [0.15, 0.2) is 5.96 Å². The molecule has 0 radical (unpaired) electrons. The average molecular weight is 300 g/mol. The third kappa shape index (κ3) is 12.2. The van der Waals surface area contributed by atoms with E-state index in [1.807, 2.05) is 6.92 Å². The van der Waals surface area contributed by atoms with Crippen LogP contribution in [0.1, 0.15) is 39.5 Å². The van der Waals surface area contributed by atoms with Gasteiger partial charge in [-0.25, -0.2) is 4.99 Å². The third-order valence-electron chi connectivity index (χ3n) is 2.91. The van der Waals surface area contributed by atoms with Crippen molar-refractivity contribution in [1.29, 1.82) is 0 Å². The second-order valence-corrected chi connectivity index (χ2v) is 5.06. The predicted molar refractivity (Wildman–Crippen MR) is 87.6 cm³/mol. The summed E-state index contributed by atoms with van der Waals surface area (Å²) in [4.78, 5) is 17.5. The van der Waals surface area contributed by atoms with E-state index in [1.165, 1.54) is 12.8 Å². The molecule has 1 amide bonds. The van der Waals surface area contributed by atoms with Crippen molar-refractivity contribution in [2.75, 3.05) is 46.9 Å². The monoisotopic (exact) mass is 300 g/mol. The van der Waals surface area contributed by atoms with Crippen LogP contribution in [-0.2, 0) is 9.53 Å². The van der Waals surface area contributed by atoms with Crippen molar-refractivity contribution in [2.45, 2.75) is 39.5 Å². The number of hydrogen-bond acceptors (Lipinski definition) is 3. The van der Waals surface area contributed by atoms with Gasteiger partial charge in [-0.1, -0.05) is 19.8 Å². The van der Waals surface area contributed by atoms with Crippen molar-refractivity contribution in [3.63, 3.8) is 0 Å². The van der Waals surface area contributed by atoms with Crippen molar-refractivity contribution in [3.05, 3.63) is 0 Å². The van der Waals surface area contributed by atoms with Crippen LogP contribution in [0.5, 0.6) is 0 Å². The molecule has 0 spiro atoms. The number of nitrogens with zero attached hydrogens (tertiary/aromatic N) is 2. The molecule has 6 heteroatoms. The summed E-state index contributed by atoms with van der Waals surface area (Å²) in [5, 5.41) is 6.51. The molecule has 2 N–H and O–H groups in total. The molecule has 0 atom stereocenters. The van der Waals surface area contributed by atoms with Crippen molar-refractivity contribution in [1.82, 2.24) is 15.5 Å². The molecule has 124 valence electrons. The highest BCUT2D eigenvalue weighted by Crippen LogP contribution is 1.91. The first-order chi connectivity index (χ1) is 10.1. The number of likely N-dealkylation sites (N-methyl/N-ethyl adjacent to an activating group) is 1. The molecule has 0 bridgehead atoms. The minimum atomic E-state index is -0.000950. The SMILES string of the molecule is CCCCCNC(=NCC(=O)N(C)C)NCCCOCC. The number of guanidine groups is 1. The van der Waals surface area contributed by atoms with E-state index in [0.717, 1.165) is 39.1 Å². The highest BCUT2D eigenvalue weighted by molar-refractivity contribution is 5.84. The topological polar surface area (TPSA) is 66.0 Å². The molecule has 6 nitrogen and oxygen atoms in total. The lowest BCUT2D eigenvalue weighted by Gasteiger charge is -2.13. The van der Waals surface area contributed by atoms with Gasteiger partial charge < -0.3 is 20.3 Å². The number of aliphatic imine (C=N–C) groups is 1. The second kappa shape index (κ2) is 13.7. The van der Waals surface area contributed by atoms with Crippen molar-refractivity contribution in [2.24, 2.45) is 4.99 Å². The molecule has 21 heavy (non-hydrogen) atoms. The highest BCUT2D eigenvalue weighted by Gasteiger charge is 2.04. The maximum Gasteiger partial charge on any atom is 0.243 e. The fraction of sp³-hybridized carbons (Fsp3) is 0.867. The van der Waals surface area contributed by atoms with Gasteiger partial charge in [0.05, 0.1) is 0 Å². The average Bonchev–Trinajstić information content (AvgIpc) is 2.47. The zero-order valence-electron chi connectivity index (χ0n) is 14.1. The van der Waals surface area contributed by atoms with E-state index in [9.17, 15) is 4.79 Å². The van der Waals surface area contributed by atoms with Crippen LogP contribution in [0.25, 0.3) is 0 Å². The summed E-state index contributed by atoms with van der Waals surface area (Å²) < 4.78 is 5.30. The van der Waals surface area contributed by atoms with Crippen LogP contribution in [0, 0.1) is 0 Å². The van der Waals surface area contributed by atoms with Crippen LogP contribution in [0.4, 0.5) is 0 Å². The summed E-state index contributed by atoms with van der Waals surface area (Å²) in [5.74, 6) is 0.705. The fourth-order valence-electron chi connectivity index (χ4n) is 1.57. The van der Waals surface area contributed by atoms with Gasteiger partial charge in [-0.05, 0) is 19.8 Å². The zero-order chi connectivity index (χ0) is 15.9. The molecule has 0 saturated carbocycles. The van der Waals surface area contributed by atoms with Gasteiger partial charge in [0.25, 0.3) is 0 Å². The minimum absolute atomic E-state index is 0.000950. The Labute approximate surface area is 129 Å². The smallest absolute Gasteiger partial charge is 0.243 e. The summed E-state index contributed by atoms with van der Waals surface area (Å²) in [6.07, 6.45) is 4.42. The van der Waals surface area contributed by atoms with E-state index in [0.29, 0.717) is 5.96 Å². The molecule has 0 saturated heterocycles. The molecule has 0 fully saturated rings. The normalized spacial score (nSPS) is 11.3. The van der Waals surface area contributed by atoms with E-state index >= 15 is 0 Å². The number of nitrogens with one attached hydrogen (secondary N) is 2. The van der Waals surface area contributed by atoms with E-state index < -0.39 is 0 Å². The number of carbonyl (C=O) groups excluding carboxylic acids is 1. The van der Waals surface area contributed by atoms with E-state index in [2.05, 4.69) is 22.5 Å². The third-order valence-corrected chi connectivity index (χ3v) is 2.91. The largest absolute Gasteiger partial charge is 0.382 e. The Morgan fingerprint density at radius 1 is 1.10 bits per heavy atom. The van der Waals surface area contributed by atoms with Crippen LogP contribution in [-0.4, -0.2) is 63.7 Å². The number of ether oxygens (including phenoxy) is 1. The van der Waals surface area contributed by atoms with E-state index in [-0.39, 0.29) is 12.5 Å². The number of unbranched alkanes of at least 4 members (excludes halogenated alkanes) is 2. The van der Waals surface area contributed by atoms with Crippen molar-refractivity contribution < 1.29 is 9.53 Å². The molecule has 0 aromatic heterocycles. The molecule has 0 aromatic rings. The molecule has 0 unspecified atom stereocenters. The summed E-state index contributed by atoms with van der Waals surface area (Å²) >= 11 is 0. The summed E-state index contributed by atoms with van der Waals surface area (Å²) in [5.41, 5.74) is 0. The van der Waals surface area contributed by atoms with Crippen LogP contribution in [0.15, 0.2) is 4.99 Å². The maximum atomic E-state index is 11.6. The number of carbonyl (C=O) groups is 1. The van der Waals surface area contributed by atoms with Crippen LogP contribution in [0.2, 0.25) is 0 Å². The second-order valence-electron chi connectivity index (χ2n) is 5.06. The fourth-order valence-corrected chi connectivity index (χ4v) is 1.57. The Bertz CT molecular complexity index is 293. The first-order valence-electron chi connectivity index (χ1n) is 7.91. The van der Waals surface area contributed by atoms with E-state index in [1.54, 1.807) is 19.0 Å². The molecule has 0 aliphatic carbocycles. The predicted octanol–water partition coefficient (Wildman–Crippen LogP) is 1.23. The first-order valence-corrected chi connectivity index (χ1v) is 7.91.